The van der Waals surface area contributed by atoms with E-state index in [4.69, 9.17) is 0 Å². The number of rotatable bonds is 1. The molecule has 0 unspecified atom stereocenters. The summed E-state index contributed by atoms with van der Waals surface area (Å²) in [6.07, 6.45) is 3.01. The van der Waals surface area contributed by atoms with Gasteiger partial charge < -0.3 is 9.88 Å². The zero-order valence-electron chi connectivity index (χ0n) is 11.4. The van der Waals surface area contributed by atoms with Crippen LogP contribution in [0, 0.1) is 6.92 Å². The van der Waals surface area contributed by atoms with E-state index in [2.05, 4.69) is 23.5 Å². The largest absolute Gasteiger partial charge is 0.318 e. The van der Waals surface area contributed by atoms with Crippen molar-refractivity contribution in [3.63, 3.8) is 0 Å². The fourth-order valence-electron chi connectivity index (χ4n) is 2.70. The van der Waals surface area contributed by atoms with E-state index in [-0.39, 0.29) is 5.56 Å². The van der Waals surface area contributed by atoms with Crippen LogP contribution in [0.4, 0.5) is 0 Å². The molecule has 2 heterocycles. The highest BCUT2D eigenvalue weighted by Gasteiger charge is 2.10. The van der Waals surface area contributed by atoms with E-state index >= 15 is 0 Å². The molecular weight excluding hydrogens is 236 g/mol. The van der Waals surface area contributed by atoms with Gasteiger partial charge in [-0.3, -0.25) is 4.79 Å². The Labute approximate surface area is 112 Å². The summed E-state index contributed by atoms with van der Waals surface area (Å²) in [4.78, 5) is 11.7. The van der Waals surface area contributed by atoms with E-state index in [0.717, 1.165) is 30.6 Å². The van der Waals surface area contributed by atoms with Crippen LogP contribution in [0.2, 0.25) is 0 Å². The van der Waals surface area contributed by atoms with Crippen molar-refractivity contribution in [2.45, 2.75) is 19.9 Å². The molecule has 3 nitrogen and oxygen atoms in total. The highest BCUT2D eigenvalue weighted by molar-refractivity contribution is 5.65. The third-order valence-corrected chi connectivity index (χ3v) is 3.79. The second-order valence-electron chi connectivity index (χ2n) is 5.24. The van der Waals surface area contributed by atoms with Gasteiger partial charge in [0.15, 0.2) is 0 Å². The molecule has 3 heteroatoms. The van der Waals surface area contributed by atoms with E-state index < -0.39 is 0 Å². The Morgan fingerprint density at radius 3 is 2.79 bits per heavy atom. The lowest BCUT2D eigenvalue weighted by molar-refractivity contribution is 0.644. The SMILES string of the molecule is Cc1cc(-c2ccc3c(c2)CNCC3)cn(C)c1=O. The molecule has 0 aliphatic carbocycles. The minimum atomic E-state index is 0.0726. The standard InChI is InChI=1S/C16H18N2O/c1-11-7-15(10-18(2)16(11)19)13-4-3-12-5-6-17-9-14(12)8-13/h3-4,7-8,10,17H,5-6,9H2,1-2H3. The molecule has 0 bridgehead atoms. The summed E-state index contributed by atoms with van der Waals surface area (Å²) >= 11 is 0. The third kappa shape index (κ3) is 2.22. The summed E-state index contributed by atoms with van der Waals surface area (Å²) < 4.78 is 1.66. The van der Waals surface area contributed by atoms with Gasteiger partial charge in [0.05, 0.1) is 0 Å². The quantitative estimate of drug-likeness (QED) is 0.844. The van der Waals surface area contributed by atoms with Gasteiger partial charge in [-0.05, 0) is 54.3 Å². The molecule has 3 rings (SSSR count). The molecule has 98 valence electrons. The number of nitrogens with zero attached hydrogens (tertiary/aromatic N) is 1. The first-order valence-corrected chi connectivity index (χ1v) is 6.65. The van der Waals surface area contributed by atoms with Crippen LogP contribution >= 0.6 is 0 Å². The van der Waals surface area contributed by atoms with Gasteiger partial charge in [-0.1, -0.05) is 12.1 Å². The second kappa shape index (κ2) is 4.67. The maximum absolute atomic E-state index is 11.7. The van der Waals surface area contributed by atoms with Gasteiger partial charge in [-0.15, -0.1) is 0 Å². The minimum absolute atomic E-state index is 0.0726. The number of aryl methyl sites for hydroxylation is 2. The fraction of sp³-hybridized carbons (Fsp3) is 0.312. The molecular formula is C16H18N2O. The van der Waals surface area contributed by atoms with Crippen LogP contribution in [0.3, 0.4) is 0 Å². The Morgan fingerprint density at radius 2 is 2.00 bits per heavy atom. The number of benzene rings is 1. The lowest BCUT2D eigenvalue weighted by Crippen LogP contribution is -2.23. The average Bonchev–Trinajstić information content (AvgIpc) is 2.43. The van der Waals surface area contributed by atoms with Gasteiger partial charge in [-0.2, -0.15) is 0 Å². The lowest BCUT2D eigenvalue weighted by Gasteiger charge is -2.18. The van der Waals surface area contributed by atoms with Gasteiger partial charge in [0.25, 0.3) is 5.56 Å². The maximum Gasteiger partial charge on any atom is 0.253 e. The van der Waals surface area contributed by atoms with Crippen LogP contribution in [0.5, 0.6) is 0 Å². The first-order valence-electron chi connectivity index (χ1n) is 6.65. The van der Waals surface area contributed by atoms with Crippen molar-refractivity contribution in [3.8, 4) is 11.1 Å². The lowest BCUT2D eigenvalue weighted by atomic mass is 9.96. The highest BCUT2D eigenvalue weighted by Crippen LogP contribution is 2.24. The number of fused-ring (bicyclic) bond motifs is 1. The predicted octanol–water partition coefficient (Wildman–Crippen LogP) is 2.01. The highest BCUT2D eigenvalue weighted by atomic mass is 16.1. The van der Waals surface area contributed by atoms with E-state index in [1.807, 2.05) is 19.2 Å². The summed E-state index contributed by atoms with van der Waals surface area (Å²) in [5.41, 5.74) is 5.95. The summed E-state index contributed by atoms with van der Waals surface area (Å²) in [5, 5.41) is 3.40. The van der Waals surface area contributed by atoms with Crippen molar-refractivity contribution in [2.75, 3.05) is 6.54 Å². The number of aromatic nitrogens is 1. The predicted molar refractivity (Wildman–Crippen MR) is 77.3 cm³/mol. The molecule has 0 radical (unpaired) electrons. The van der Waals surface area contributed by atoms with Gasteiger partial charge in [0.1, 0.15) is 0 Å². The van der Waals surface area contributed by atoms with Crippen molar-refractivity contribution < 1.29 is 0 Å². The molecule has 0 fully saturated rings. The summed E-state index contributed by atoms with van der Waals surface area (Å²) in [6.45, 7) is 3.87. The van der Waals surface area contributed by atoms with Crippen LogP contribution in [-0.2, 0) is 20.0 Å². The van der Waals surface area contributed by atoms with Gasteiger partial charge in [0.2, 0.25) is 0 Å². The summed E-state index contributed by atoms with van der Waals surface area (Å²) in [6, 6.07) is 8.58. The number of nitrogens with one attached hydrogen (secondary N) is 1. The molecule has 19 heavy (non-hydrogen) atoms. The Bertz CT molecular complexity index is 659. The molecule has 0 saturated carbocycles. The molecule has 1 aliphatic heterocycles. The zero-order valence-corrected chi connectivity index (χ0v) is 11.4. The Kier molecular flexibility index (Phi) is 2.99. The van der Waals surface area contributed by atoms with Crippen LogP contribution in [0.15, 0.2) is 35.3 Å². The summed E-state index contributed by atoms with van der Waals surface area (Å²) in [5.74, 6) is 0. The number of pyridine rings is 1. The molecule has 0 atom stereocenters. The molecule has 0 amide bonds. The molecule has 0 saturated heterocycles. The Balaban J connectivity index is 2.09. The number of hydrogen-bond donors (Lipinski definition) is 1. The maximum atomic E-state index is 11.7. The molecule has 1 aromatic carbocycles. The molecule has 1 aliphatic rings. The van der Waals surface area contributed by atoms with Gasteiger partial charge in [0, 0.05) is 25.4 Å². The van der Waals surface area contributed by atoms with Gasteiger partial charge >= 0.3 is 0 Å². The van der Waals surface area contributed by atoms with E-state index in [1.165, 1.54) is 16.7 Å². The summed E-state index contributed by atoms with van der Waals surface area (Å²) in [7, 11) is 1.80. The second-order valence-corrected chi connectivity index (χ2v) is 5.24. The van der Waals surface area contributed by atoms with Crippen molar-refractivity contribution in [1.82, 2.24) is 9.88 Å². The van der Waals surface area contributed by atoms with Crippen molar-refractivity contribution in [1.29, 1.82) is 0 Å². The first-order chi connectivity index (χ1) is 9.15. The molecule has 2 aromatic rings. The molecule has 1 N–H and O–H groups in total. The van der Waals surface area contributed by atoms with Crippen LogP contribution in [-0.4, -0.2) is 11.1 Å². The zero-order chi connectivity index (χ0) is 13.4. The van der Waals surface area contributed by atoms with Crippen molar-refractivity contribution in [2.24, 2.45) is 7.05 Å². The van der Waals surface area contributed by atoms with E-state index in [1.54, 1.807) is 11.6 Å². The average molecular weight is 254 g/mol. The first kappa shape index (κ1) is 12.2. The van der Waals surface area contributed by atoms with E-state index in [9.17, 15) is 4.79 Å². The van der Waals surface area contributed by atoms with Crippen LogP contribution in [0.1, 0.15) is 16.7 Å². The molecule has 1 aromatic heterocycles. The number of hydrogen-bond acceptors (Lipinski definition) is 2. The Morgan fingerprint density at radius 1 is 1.16 bits per heavy atom. The minimum Gasteiger partial charge on any atom is -0.318 e. The topological polar surface area (TPSA) is 34.0 Å². The fourth-order valence-corrected chi connectivity index (χ4v) is 2.70. The van der Waals surface area contributed by atoms with Gasteiger partial charge in [-0.25, -0.2) is 0 Å². The monoisotopic (exact) mass is 254 g/mol. The normalized spacial score (nSPS) is 14.2. The molecule has 0 spiro atoms. The smallest absolute Gasteiger partial charge is 0.253 e. The van der Waals surface area contributed by atoms with Crippen LogP contribution in [0.25, 0.3) is 11.1 Å². The van der Waals surface area contributed by atoms with Crippen molar-refractivity contribution >= 4 is 0 Å². The van der Waals surface area contributed by atoms with Crippen LogP contribution < -0.4 is 10.9 Å². The van der Waals surface area contributed by atoms with Crippen molar-refractivity contribution in [3.05, 3.63) is 57.5 Å². The third-order valence-electron chi connectivity index (χ3n) is 3.79. The van der Waals surface area contributed by atoms with E-state index in [0.29, 0.717) is 0 Å². The Hall–Kier alpha value is -1.87.